The fourth-order valence-corrected chi connectivity index (χ4v) is 1.41. The van der Waals surface area contributed by atoms with Gasteiger partial charge in [0.15, 0.2) is 0 Å². The monoisotopic (exact) mass is 218 g/mol. The lowest BCUT2D eigenvalue weighted by Crippen LogP contribution is -1.92. The molecule has 1 heterocycles. The number of hydrogen-bond donors (Lipinski definition) is 0. The van der Waals surface area contributed by atoms with Crippen LogP contribution in [0.3, 0.4) is 0 Å². The summed E-state index contributed by atoms with van der Waals surface area (Å²) >= 11 is 5.76. The lowest BCUT2D eigenvalue weighted by atomic mass is 10.0. The van der Waals surface area contributed by atoms with E-state index in [1.807, 2.05) is 6.92 Å². The minimum absolute atomic E-state index is 0.564. The van der Waals surface area contributed by atoms with Crippen molar-refractivity contribution in [2.24, 2.45) is 0 Å². The van der Waals surface area contributed by atoms with Crippen LogP contribution in [-0.2, 0) is 0 Å². The second-order valence-electron chi connectivity index (χ2n) is 3.23. The molecule has 15 heavy (non-hydrogen) atoms. The van der Waals surface area contributed by atoms with Crippen molar-refractivity contribution in [3.8, 4) is 6.07 Å². The van der Waals surface area contributed by atoms with Gasteiger partial charge in [0.2, 0.25) is 0 Å². The van der Waals surface area contributed by atoms with Crippen molar-refractivity contribution in [2.75, 3.05) is 0 Å². The predicted molar refractivity (Wildman–Crippen MR) is 62.3 cm³/mol. The van der Waals surface area contributed by atoms with Crippen molar-refractivity contribution in [2.45, 2.75) is 13.8 Å². The summed E-state index contributed by atoms with van der Waals surface area (Å²) in [5.74, 6) is 0. The Labute approximate surface area is 94.5 Å². The van der Waals surface area contributed by atoms with Gasteiger partial charge in [0.05, 0.1) is 5.56 Å². The number of aromatic nitrogens is 1. The molecule has 0 bridgehead atoms. The van der Waals surface area contributed by atoms with Crippen LogP contribution in [0.2, 0.25) is 0 Å². The third-order valence-corrected chi connectivity index (χ3v) is 2.16. The van der Waals surface area contributed by atoms with Crippen LogP contribution in [0, 0.1) is 18.3 Å². The molecule has 1 aromatic rings. The number of allylic oxidation sites excluding steroid dienone is 3. The number of halogens is 1. The van der Waals surface area contributed by atoms with Gasteiger partial charge in [0.1, 0.15) is 6.07 Å². The first-order valence-electron chi connectivity index (χ1n) is 4.44. The van der Waals surface area contributed by atoms with Crippen LogP contribution >= 0.6 is 11.6 Å². The van der Waals surface area contributed by atoms with Gasteiger partial charge in [-0.25, -0.2) is 0 Å². The Balaban J connectivity index is 3.23. The smallest absolute Gasteiger partial charge is 0.101 e. The molecule has 0 aliphatic rings. The number of pyridine rings is 1. The first kappa shape index (κ1) is 11.5. The lowest BCUT2D eigenvalue weighted by molar-refractivity contribution is 1.23. The molecular formula is C12H11ClN2. The van der Waals surface area contributed by atoms with E-state index in [0.29, 0.717) is 10.6 Å². The molecular weight excluding hydrogens is 208 g/mol. The molecule has 0 aromatic carbocycles. The maximum Gasteiger partial charge on any atom is 0.101 e. The Kier molecular flexibility index (Phi) is 3.65. The summed E-state index contributed by atoms with van der Waals surface area (Å²) in [5.41, 5.74) is 3.07. The van der Waals surface area contributed by atoms with Crippen LogP contribution in [0.1, 0.15) is 23.6 Å². The topological polar surface area (TPSA) is 36.7 Å². The van der Waals surface area contributed by atoms with Gasteiger partial charge in [-0.1, -0.05) is 18.2 Å². The molecule has 3 heteroatoms. The highest BCUT2D eigenvalue weighted by molar-refractivity contribution is 6.29. The summed E-state index contributed by atoms with van der Waals surface area (Å²) in [7, 11) is 0. The Bertz CT molecular complexity index is 463. The van der Waals surface area contributed by atoms with Gasteiger partial charge in [-0.3, -0.25) is 4.98 Å². The fraction of sp³-hybridized carbons (Fsp3) is 0.167. The molecule has 0 unspecified atom stereocenters. The minimum atomic E-state index is 0.564. The van der Waals surface area contributed by atoms with Crippen molar-refractivity contribution in [3.05, 3.63) is 46.8 Å². The molecule has 0 aliphatic heterocycles. The Hall–Kier alpha value is -1.59. The van der Waals surface area contributed by atoms with E-state index in [9.17, 15) is 0 Å². The van der Waals surface area contributed by atoms with Crippen molar-refractivity contribution < 1.29 is 0 Å². The molecule has 0 aliphatic carbocycles. The first-order valence-corrected chi connectivity index (χ1v) is 4.82. The summed E-state index contributed by atoms with van der Waals surface area (Å²) < 4.78 is 0. The minimum Gasteiger partial charge on any atom is -0.263 e. The van der Waals surface area contributed by atoms with Gasteiger partial charge in [0.25, 0.3) is 0 Å². The second kappa shape index (κ2) is 4.77. The maximum atomic E-state index is 8.85. The molecule has 1 aromatic heterocycles. The molecule has 0 radical (unpaired) electrons. The highest BCUT2D eigenvalue weighted by atomic mass is 35.5. The SMILES string of the molecule is C=C(/C=C(\C)Cl)c1cncc(C#N)c1C. The van der Waals surface area contributed by atoms with Crippen LogP contribution in [0.5, 0.6) is 0 Å². The van der Waals surface area contributed by atoms with Crippen molar-refractivity contribution >= 4 is 17.2 Å². The van der Waals surface area contributed by atoms with Crippen molar-refractivity contribution in [1.29, 1.82) is 5.26 Å². The second-order valence-corrected chi connectivity index (χ2v) is 3.82. The number of nitriles is 1. The van der Waals surface area contributed by atoms with E-state index < -0.39 is 0 Å². The fourth-order valence-electron chi connectivity index (χ4n) is 1.28. The molecule has 76 valence electrons. The molecule has 0 N–H and O–H groups in total. The number of hydrogen-bond acceptors (Lipinski definition) is 2. The van der Waals surface area contributed by atoms with Gasteiger partial charge in [0, 0.05) is 23.0 Å². The highest BCUT2D eigenvalue weighted by Gasteiger charge is 2.05. The average Bonchev–Trinajstić information content (AvgIpc) is 2.17. The summed E-state index contributed by atoms with van der Waals surface area (Å²) in [6.07, 6.45) is 4.99. The van der Waals surface area contributed by atoms with E-state index in [1.165, 1.54) is 0 Å². The zero-order valence-electron chi connectivity index (χ0n) is 8.71. The Morgan fingerprint density at radius 2 is 2.27 bits per heavy atom. The molecule has 2 nitrogen and oxygen atoms in total. The quantitative estimate of drug-likeness (QED) is 0.714. The number of rotatable bonds is 2. The zero-order valence-corrected chi connectivity index (χ0v) is 9.47. The van der Waals surface area contributed by atoms with E-state index in [-0.39, 0.29) is 0 Å². The van der Waals surface area contributed by atoms with E-state index >= 15 is 0 Å². The lowest BCUT2D eigenvalue weighted by Gasteiger charge is -2.06. The number of nitrogens with zero attached hydrogens (tertiary/aromatic N) is 2. The van der Waals surface area contributed by atoms with Gasteiger partial charge >= 0.3 is 0 Å². The van der Waals surface area contributed by atoms with Crippen LogP contribution < -0.4 is 0 Å². The van der Waals surface area contributed by atoms with Gasteiger partial charge in [-0.2, -0.15) is 5.26 Å². The van der Waals surface area contributed by atoms with E-state index in [2.05, 4.69) is 17.6 Å². The van der Waals surface area contributed by atoms with E-state index in [0.717, 1.165) is 16.7 Å². The molecule has 0 saturated heterocycles. The van der Waals surface area contributed by atoms with E-state index in [1.54, 1.807) is 25.4 Å². The standard InChI is InChI=1S/C12H11ClN2/c1-8(4-9(2)13)12-7-15-6-11(5-14)10(12)3/h4,6-7H,1H2,2-3H3/b9-4+. The Morgan fingerprint density at radius 1 is 1.60 bits per heavy atom. The van der Waals surface area contributed by atoms with Gasteiger partial charge in [-0.15, -0.1) is 0 Å². The third-order valence-electron chi connectivity index (χ3n) is 2.05. The normalized spacial score (nSPS) is 10.9. The molecule has 0 fully saturated rings. The average molecular weight is 219 g/mol. The molecule has 0 amide bonds. The highest BCUT2D eigenvalue weighted by Crippen LogP contribution is 2.21. The largest absolute Gasteiger partial charge is 0.263 e. The summed E-state index contributed by atoms with van der Waals surface area (Å²) in [4.78, 5) is 3.99. The summed E-state index contributed by atoms with van der Waals surface area (Å²) in [6.45, 7) is 7.55. The van der Waals surface area contributed by atoms with Crippen molar-refractivity contribution in [3.63, 3.8) is 0 Å². The van der Waals surface area contributed by atoms with Crippen LogP contribution in [0.4, 0.5) is 0 Å². The van der Waals surface area contributed by atoms with Crippen LogP contribution in [-0.4, -0.2) is 4.98 Å². The Morgan fingerprint density at radius 3 is 2.80 bits per heavy atom. The van der Waals surface area contributed by atoms with Crippen LogP contribution in [0.25, 0.3) is 5.57 Å². The summed E-state index contributed by atoms with van der Waals surface area (Å²) in [6, 6.07) is 2.09. The zero-order chi connectivity index (χ0) is 11.4. The third kappa shape index (κ3) is 2.68. The first-order chi connectivity index (χ1) is 7.06. The van der Waals surface area contributed by atoms with Crippen LogP contribution in [0.15, 0.2) is 30.1 Å². The van der Waals surface area contributed by atoms with Crippen molar-refractivity contribution in [1.82, 2.24) is 4.98 Å². The molecule has 1 rings (SSSR count). The predicted octanol–water partition coefficient (Wildman–Crippen LogP) is 3.42. The maximum absolute atomic E-state index is 8.85. The molecule has 0 atom stereocenters. The summed E-state index contributed by atoms with van der Waals surface area (Å²) in [5, 5.41) is 9.50. The molecule has 0 saturated carbocycles. The van der Waals surface area contributed by atoms with Gasteiger partial charge in [-0.05, 0) is 31.1 Å². The van der Waals surface area contributed by atoms with E-state index in [4.69, 9.17) is 16.9 Å². The molecule has 0 spiro atoms. The van der Waals surface area contributed by atoms with Gasteiger partial charge < -0.3 is 0 Å².